The molecule has 104 valence electrons. The second-order valence-electron chi connectivity index (χ2n) is 4.27. The van der Waals surface area contributed by atoms with E-state index in [4.69, 9.17) is 5.73 Å². The van der Waals surface area contributed by atoms with Crippen molar-refractivity contribution in [3.8, 4) is 0 Å². The normalized spacial score (nSPS) is 11.1. The summed E-state index contributed by atoms with van der Waals surface area (Å²) in [4.78, 5) is 11.7. The smallest absolute Gasteiger partial charge is 0.338 e. The van der Waals surface area contributed by atoms with Gasteiger partial charge in [0, 0.05) is 11.3 Å². The number of alkyl halides is 2. The molecule has 5 heteroatoms. The lowest BCUT2D eigenvalue weighted by Gasteiger charge is -2.16. The minimum absolute atomic E-state index is 0.147. The molecule has 0 spiro atoms. The number of hydrogen-bond donors (Lipinski definition) is 1. The van der Waals surface area contributed by atoms with Crippen molar-refractivity contribution in [3.63, 3.8) is 0 Å². The fourth-order valence-electron chi connectivity index (χ4n) is 1.67. The number of nitrogen functional groups attached to an aromatic ring is 1. The molecule has 0 radical (unpaired) electrons. The standard InChI is InChI=1S/C15H13F2NO2/c16-15(17,12-6-2-1-3-7-12)10-20-14(19)11-5-4-8-13(18)9-11/h1-9H,10,18H2. The van der Waals surface area contributed by atoms with Crippen LogP contribution in [0.1, 0.15) is 15.9 Å². The summed E-state index contributed by atoms with van der Waals surface area (Å²) in [6.07, 6.45) is 0. The third-order valence-corrected chi connectivity index (χ3v) is 2.70. The van der Waals surface area contributed by atoms with Crippen molar-refractivity contribution < 1.29 is 18.3 Å². The Morgan fingerprint density at radius 3 is 2.45 bits per heavy atom. The zero-order valence-electron chi connectivity index (χ0n) is 10.6. The lowest BCUT2D eigenvalue weighted by atomic mass is 10.1. The number of rotatable bonds is 4. The molecule has 2 aromatic rings. The number of ether oxygens (including phenoxy) is 1. The van der Waals surface area contributed by atoms with Crippen LogP contribution in [0.15, 0.2) is 54.6 Å². The van der Waals surface area contributed by atoms with Crippen LogP contribution in [0, 0.1) is 0 Å². The zero-order valence-corrected chi connectivity index (χ0v) is 10.6. The van der Waals surface area contributed by atoms with E-state index in [1.54, 1.807) is 18.2 Å². The van der Waals surface area contributed by atoms with Gasteiger partial charge in [0.1, 0.15) is 0 Å². The summed E-state index contributed by atoms with van der Waals surface area (Å²) in [5, 5.41) is 0. The third kappa shape index (κ3) is 3.32. The molecule has 0 aliphatic heterocycles. The van der Waals surface area contributed by atoms with Gasteiger partial charge < -0.3 is 10.5 Å². The molecule has 3 nitrogen and oxygen atoms in total. The molecule has 2 rings (SSSR count). The number of anilines is 1. The van der Waals surface area contributed by atoms with Crippen LogP contribution in [0.25, 0.3) is 0 Å². The Balaban J connectivity index is 2.03. The molecule has 0 bridgehead atoms. The van der Waals surface area contributed by atoms with Crippen molar-refractivity contribution in [1.82, 2.24) is 0 Å². The summed E-state index contributed by atoms with van der Waals surface area (Å²) in [7, 11) is 0. The average Bonchev–Trinajstić information content (AvgIpc) is 2.46. The fraction of sp³-hybridized carbons (Fsp3) is 0.133. The summed E-state index contributed by atoms with van der Waals surface area (Å²) in [6, 6.07) is 13.2. The largest absolute Gasteiger partial charge is 0.455 e. The van der Waals surface area contributed by atoms with Crippen LogP contribution in [-0.2, 0) is 10.7 Å². The van der Waals surface area contributed by atoms with Gasteiger partial charge in [-0.25, -0.2) is 4.79 Å². The molecule has 0 atom stereocenters. The van der Waals surface area contributed by atoms with E-state index in [1.807, 2.05) is 0 Å². The van der Waals surface area contributed by atoms with Crippen molar-refractivity contribution >= 4 is 11.7 Å². The van der Waals surface area contributed by atoms with Crippen LogP contribution >= 0.6 is 0 Å². The van der Waals surface area contributed by atoms with Gasteiger partial charge in [0.05, 0.1) is 5.56 Å². The van der Waals surface area contributed by atoms with Crippen LogP contribution < -0.4 is 5.73 Å². The summed E-state index contributed by atoms with van der Waals surface area (Å²) in [5.41, 5.74) is 5.84. The number of hydrogen-bond acceptors (Lipinski definition) is 3. The Morgan fingerprint density at radius 2 is 1.80 bits per heavy atom. The highest BCUT2D eigenvalue weighted by molar-refractivity contribution is 5.90. The van der Waals surface area contributed by atoms with Crippen molar-refractivity contribution in [2.24, 2.45) is 0 Å². The number of carbonyl (C=O) groups excluding carboxylic acids is 1. The molecule has 0 aliphatic carbocycles. The minimum Gasteiger partial charge on any atom is -0.455 e. The second kappa shape index (κ2) is 5.69. The van der Waals surface area contributed by atoms with E-state index < -0.39 is 18.5 Å². The van der Waals surface area contributed by atoms with E-state index in [9.17, 15) is 13.6 Å². The van der Waals surface area contributed by atoms with Gasteiger partial charge in [0.15, 0.2) is 6.61 Å². The third-order valence-electron chi connectivity index (χ3n) is 2.70. The van der Waals surface area contributed by atoms with Crippen LogP contribution in [0.4, 0.5) is 14.5 Å². The molecule has 0 saturated heterocycles. The number of nitrogens with two attached hydrogens (primary N) is 1. The molecule has 0 heterocycles. The van der Waals surface area contributed by atoms with Crippen LogP contribution in [0.3, 0.4) is 0 Å². The SMILES string of the molecule is Nc1cccc(C(=O)OCC(F)(F)c2ccccc2)c1. The molecule has 0 fully saturated rings. The quantitative estimate of drug-likeness (QED) is 0.689. The molecular formula is C15H13F2NO2. The van der Waals surface area contributed by atoms with Crippen LogP contribution in [0.2, 0.25) is 0 Å². The highest BCUT2D eigenvalue weighted by Gasteiger charge is 2.33. The summed E-state index contributed by atoms with van der Waals surface area (Å²) >= 11 is 0. The van der Waals surface area contributed by atoms with Crippen molar-refractivity contribution in [2.45, 2.75) is 5.92 Å². The number of esters is 1. The Labute approximate surface area is 115 Å². The van der Waals surface area contributed by atoms with Crippen LogP contribution in [0.5, 0.6) is 0 Å². The topological polar surface area (TPSA) is 52.3 Å². The molecule has 0 aromatic heterocycles. The van der Waals surface area contributed by atoms with E-state index in [0.717, 1.165) is 0 Å². The van der Waals surface area contributed by atoms with E-state index >= 15 is 0 Å². The maximum atomic E-state index is 13.8. The van der Waals surface area contributed by atoms with Gasteiger partial charge in [0.25, 0.3) is 0 Å². The van der Waals surface area contributed by atoms with Crippen molar-refractivity contribution in [2.75, 3.05) is 12.3 Å². The molecule has 0 aliphatic rings. The van der Waals surface area contributed by atoms with E-state index in [0.29, 0.717) is 5.69 Å². The fourth-order valence-corrected chi connectivity index (χ4v) is 1.67. The Kier molecular flexibility index (Phi) is 3.98. The first-order chi connectivity index (χ1) is 9.49. The van der Waals surface area contributed by atoms with E-state index in [-0.39, 0.29) is 11.1 Å². The first kappa shape index (κ1) is 14.0. The molecule has 0 amide bonds. The molecule has 0 saturated carbocycles. The second-order valence-corrected chi connectivity index (χ2v) is 4.27. The molecule has 2 N–H and O–H groups in total. The zero-order chi connectivity index (χ0) is 14.6. The van der Waals surface area contributed by atoms with Gasteiger partial charge >= 0.3 is 11.9 Å². The van der Waals surface area contributed by atoms with Crippen LogP contribution in [-0.4, -0.2) is 12.6 Å². The van der Waals surface area contributed by atoms with Gasteiger partial charge in [-0.15, -0.1) is 0 Å². The Bertz CT molecular complexity index is 600. The first-order valence-corrected chi connectivity index (χ1v) is 5.95. The highest BCUT2D eigenvalue weighted by Crippen LogP contribution is 2.28. The van der Waals surface area contributed by atoms with Gasteiger partial charge in [-0.2, -0.15) is 8.78 Å². The van der Waals surface area contributed by atoms with E-state index in [2.05, 4.69) is 4.74 Å². The number of benzene rings is 2. The summed E-state index contributed by atoms with van der Waals surface area (Å²) < 4.78 is 32.3. The number of halogens is 2. The maximum absolute atomic E-state index is 13.8. The lowest BCUT2D eigenvalue weighted by molar-refractivity contribution is -0.0661. The van der Waals surface area contributed by atoms with Crippen molar-refractivity contribution in [1.29, 1.82) is 0 Å². The highest BCUT2D eigenvalue weighted by atomic mass is 19.3. The molecule has 20 heavy (non-hydrogen) atoms. The number of carbonyl (C=O) groups is 1. The summed E-state index contributed by atoms with van der Waals surface area (Å²) in [5.74, 6) is -4.05. The average molecular weight is 277 g/mol. The monoisotopic (exact) mass is 277 g/mol. The van der Waals surface area contributed by atoms with Gasteiger partial charge in [-0.05, 0) is 18.2 Å². The Morgan fingerprint density at radius 1 is 1.10 bits per heavy atom. The molecule has 2 aromatic carbocycles. The maximum Gasteiger partial charge on any atom is 0.338 e. The van der Waals surface area contributed by atoms with Crippen molar-refractivity contribution in [3.05, 3.63) is 65.7 Å². The van der Waals surface area contributed by atoms with Gasteiger partial charge in [-0.3, -0.25) is 0 Å². The Hall–Kier alpha value is -2.43. The lowest BCUT2D eigenvalue weighted by Crippen LogP contribution is -2.23. The predicted octanol–water partition coefficient (Wildman–Crippen LogP) is 3.22. The predicted molar refractivity (Wildman–Crippen MR) is 71.5 cm³/mol. The van der Waals surface area contributed by atoms with Gasteiger partial charge in [0.2, 0.25) is 0 Å². The summed E-state index contributed by atoms with van der Waals surface area (Å²) in [6.45, 7) is -1.01. The first-order valence-electron chi connectivity index (χ1n) is 5.95. The molecule has 0 unspecified atom stereocenters. The van der Waals surface area contributed by atoms with E-state index in [1.165, 1.54) is 36.4 Å². The molecular weight excluding hydrogens is 264 g/mol. The minimum atomic E-state index is -3.22. The van der Waals surface area contributed by atoms with Gasteiger partial charge in [-0.1, -0.05) is 36.4 Å².